The molecule has 0 aromatic rings. The third kappa shape index (κ3) is 1.90. The summed E-state index contributed by atoms with van der Waals surface area (Å²) in [5.74, 6) is 1.44. The number of carbonyl (C=O) groups excluding carboxylic acids is 1. The van der Waals surface area contributed by atoms with Crippen molar-refractivity contribution in [3.63, 3.8) is 0 Å². The van der Waals surface area contributed by atoms with Crippen molar-refractivity contribution >= 4 is 5.78 Å². The summed E-state index contributed by atoms with van der Waals surface area (Å²) in [6.45, 7) is 2.32. The second kappa shape index (κ2) is 4.42. The molecule has 4 aliphatic carbocycles. The quantitative estimate of drug-likeness (QED) is 0.674. The number of ketones is 1. The van der Waals surface area contributed by atoms with Crippen molar-refractivity contribution in [2.24, 2.45) is 23.0 Å². The highest BCUT2D eigenvalue weighted by Crippen LogP contribution is 2.59. The highest BCUT2D eigenvalue weighted by atomic mass is 16.3. The molecule has 3 N–H and O–H groups in total. The van der Waals surface area contributed by atoms with E-state index in [9.17, 15) is 9.90 Å². The second-order valence-corrected chi connectivity index (χ2v) is 8.31. The lowest BCUT2D eigenvalue weighted by Gasteiger charge is -2.54. The monoisotopic (exact) mass is 289 g/mol. The Balaban J connectivity index is 1.75. The Morgan fingerprint density at radius 3 is 2.76 bits per heavy atom. The fourth-order valence-electron chi connectivity index (χ4n) is 6.05. The molecule has 2 unspecified atom stereocenters. The average molecular weight is 289 g/mol. The fourth-order valence-corrected chi connectivity index (χ4v) is 6.05. The van der Waals surface area contributed by atoms with Gasteiger partial charge in [-0.2, -0.15) is 0 Å². The predicted molar refractivity (Wildman–Crippen MR) is 81.6 cm³/mol. The molecule has 0 spiro atoms. The molecular formula is C18H27NO2. The van der Waals surface area contributed by atoms with Gasteiger partial charge in [0.1, 0.15) is 5.78 Å². The number of Topliss-reactive ketones (excluding diaryl/α,β-unsaturated/α-hetero) is 1. The molecule has 116 valence electrons. The maximum atomic E-state index is 11.8. The topological polar surface area (TPSA) is 63.3 Å². The molecular weight excluding hydrogens is 262 g/mol. The molecule has 0 radical (unpaired) electrons. The van der Waals surface area contributed by atoms with Crippen molar-refractivity contribution in [2.45, 2.75) is 76.4 Å². The van der Waals surface area contributed by atoms with E-state index in [1.54, 1.807) is 0 Å². The molecule has 4 rings (SSSR count). The van der Waals surface area contributed by atoms with E-state index in [-0.39, 0.29) is 17.1 Å². The summed E-state index contributed by atoms with van der Waals surface area (Å²) in [6, 6.07) is 0. The summed E-state index contributed by atoms with van der Waals surface area (Å²) in [7, 11) is 0. The Morgan fingerprint density at radius 1 is 1.14 bits per heavy atom. The van der Waals surface area contributed by atoms with Crippen LogP contribution in [0.15, 0.2) is 11.1 Å². The number of fused-ring (bicyclic) bond motifs is 4. The number of nitrogens with two attached hydrogens (primary N) is 1. The summed E-state index contributed by atoms with van der Waals surface area (Å²) in [5.41, 5.74) is 9.95. The van der Waals surface area contributed by atoms with Gasteiger partial charge in [0.25, 0.3) is 0 Å². The Bertz CT molecular complexity index is 525. The van der Waals surface area contributed by atoms with Gasteiger partial charge in [0.15, 0.2) is 0 Å². The molecule has 0 saturated heterocycles. The van der Waals surface area contributed by atoms with Crippen LogP contribution in [0, 0.1) is 17.3 Å². The molecule has 0 heterocycles. The lowest BCUT2D eigenvalue weighted by Crippen LogP contribution is -2.58. The van der Waals surface area contributed by atoms with Crippen molar-refractivity contribution in [1.82, 2.24) is 0 Å². The highest BCUT2D eigenvalue weighted by Gasteiger charge is 2.55. The van der Waals surface area contributed by atoms with Crippen LogP contribution in [0.3, 0.4) is 0 Å². The molecule has 0 bridgehead atoms. The number of carbonyl (C=O) groups is 1. The summed E-state index contributed by atoms with van der Waals surface area (Å²) < 4.78 is 0. The minimum atomic E-state index is -0.178. The molecule has 3 saturated carbocycles. The van der Waals surface area contributed by atoms with Crippen molar-refractivity contribution in [3.8, 4) is 0 Å². The number of aliphatic hydroxyl groups is 1. The minimum absolute atomic E-state index is 0.175. The maximum Gasteiger partial charge on any atom is 0.133 e. The molecule has 4 aliphatic rings. The molecule has 21 heavy (non-hydrogen) atoms. The van der Waals surface area contributed by atoms with Crippen LogP contribution >= 0.6 is 0 Å². The van der Waals surface area contributed by atoms with Gasteiger partial charge >= 0.3 is 0 Å². The van der Waals surface area contributed by atoms with Crippen LogP contribution in [-0.4, -0.2) is 22.5 Å². The van der Waals surface area contributed by atoms with Crippen LogP contribution in [0.25, 0.3) is 0 Å². The first kappa shape index (κ1) is 14.0. The first-order valence-electron chi connectivity index (χ1n) is 8.64. The third-order valence-corrected chi connectivity index (χ3v) is 7.09. The van der Waals surface area contributed by atoms with E-state index in [2.05, 4.69) is 6.92 Å². The van der Waals surface area contributed by atoms with E-state index in [1.165, 1.54) is 11.1 Å². The molecule has 0 aliphatic heterocycles. The van der Waals surface area contributed by atoms with Crippen LogP contribution < -0.4 is 5.73 Å². The van der Waals surface area contributed by atoms with Gasteiger partial charge in [-0.05, 0) is 62.2 Å². The summed E-state index contributed by atoms with van der Waals surface area (Å²) >= 11 is 0. The van der Waals surface area contributed by atoms with Crippen LogP contribution in [0.4, 0.5) is 0 Å². The zero-order valence-corrected chi connectivity index (χ0v) is 13.0. The molecule has 5 atom stereocenters. The standard InChI is InChI=1S/C18H27NO2/c1-17-6-7-18(19)14-5-3-12(20)8-11(14)2-4-15(18)16(17)9-13(21)10-17/h11,13-14,21H,2-10,19H2,1H3/t11-,13+,14?,17?,18-/m0/s1. The fraction of sp³-hybridized carbons (Fsp3) is 0.833. The van der Waals surface area contributed by atoms with Gasteiger partial charge in [-0.1, -0.05) is 18.1 Å². The SMILES string of the molecule is CC12CC[C@@]3(N)C(=C1C[C@@H](O)C2)CC[C@H]1CC(=O)CCC13. The van der Waals surface area contributed by atoms with Gasteiger partial charge < -0.3 is 10.8 Å². The lowest BCUT2D eigenvalue weighted by atomic mass is 9.53. The first-order valence-corrected chi connectivity index (χ1v) is 8.64. The van der Waals surface area contributed by atoms with Gasteiger partial charge in [0.05, 0.1) is 6.10 Å². The van der Waals surface area contributed by atoms with Crippen LogP contribution in [0.5, 0.6) is 0 Å². The predicted octanol–water partition coefficient (Wildman–Crippen LogP) is 2.71. The summed E-state index contributed by atoms with van der Waals surface area (Å²) in [6.07, 6.45) is 8.37. The maximum absolute atomic E-state index is 11.8. The van der Waals surface area contributed by atoms with Gasteiger partial charge in [-0.3, -0.25) is 4.79 Å². The average Bonchev–Trinajstić information content (AvgIpc) is 2.73. The molecule has 3 nitrogen and oxygen atoms in total. The Labute approximate surface area is 127 Å². The Kier molecular flexibility index (Phi) is 2.94. The summed E-state index contributed by atoms with van der Waals surface area (Å²) in [4.78, 5) is 11.8. The van der Waals surface area contributed by atoms with Gasteiger partial charge in [-0.15, -0.1) is 0 Å². The van der Waals surface area contributed by atoms with Crippen molar-refractivity contribution in [2.75, 3.05) is 0 Å². The van der Waals surface area contributed by atoms with Crippen molar-refractivity contribution in [3.05, 3.63) is 11.1 Å². The highest BCUT2D eigenvalue weighted by molar-refractivity contribution is 5.79. The van der Waals surface area contributed by atoms with E-state index in [0.29, 0.717) is 17.6 Å². The number of hydrogen-bond donors (Lipinski definition) is 2. The first-order chi connectivity index (χ1) is 9.92. The van der Waals surface area contributed by atoms with Crippen molar-refractivity contribution in [1.29, 1.82) is 0 Å². The molecule has 0 aromatic carbocycles. The normalized spacial score (nSPS) is 49.7. The zero-order chi connectivity index (χ0) is 14.8. The van der Waals surface area contributed by atoms with E-state index in [4.69, 9.17) is 5.73 Å². The molecule has 0 amide bonds. The van der Waals surface area contributed by atoms with Crippen LogP contribution in [-0.2, 0) is 4.79 Å². The minimum Gasteiger partial charge on any atom is -0.393 e. The van der Waals surface area contributed by atoms with E-state index < -0.39 is 0 Å². The van der Waals surface area contributed by atoms with Crippen molar-refractivity contribution < 1.29 is 9.90 Å². The largest absolute Gasteiger partial charge is 0.393 e. The Hall–Kier alpha value is -0.670. The second-order valence-electron chi connectivity index (χ2n) is 8.31. The van der Waals surface area contributed by atoms with Crippen LogP contribution in [0.1, 0.15) is 64.7 Å². The van der Waals surface area contributed by atoms with Gasteiger partial charge in [0.2, 0.25) is 0 Å². The summed E-state index contributed by atoms with van der Waals surface area (Å²) in [5, 5.41) is 10.1. The van der Waals surface area contributed by atoms with E-state index >= 15 is 0 Å². The molecule has 0 aromatic heterocycles. The van der Waals surface area contributed by atoms with Gasteiger partial charge in [0, 0.05) is 18.4 Å². The van der Waals surface area contributed by atoms with Gasteiger partial charge in [-0.25, -0.2) is 0 Å². The van der Waals surface area contributed by atoms with Crippen LogP contribution in [0.2, 0.25) is 0 Å². The van der Waals surface area contributed by atoms with E-state index in [0.717, 1.165) is 57.8 Å². The number of hydrogen-bond acceptors (Lipinski definition) is 3. The third-order valence-electron chi connectivity index (χ3n) is 7.09. The van der Waals surface area contributed by atoms with E-state index in [1.807, 2.05) is 0 Å². The Morgan fingerprint density at radius 2 is 1.95 bits per heavy atom. The molecule has 3 heteroatoms. The number of rotatable bonds is 0. The lowest BCUT2D eigenvalue weighted by molar-refractivity contribution is -0.124. The molecule has 3 fully saturated rings. The number of aliphatic hydroxyl groups excluding tert-OH is 1. The smallest absolute Gasteiger partial charge is 0.133 e. The zero-order valence-electron chi connectivity index (χ0n) is 13.0.